The largest absolute Gasteiger partial charge is 0.435 e. The Bertz CT molecular complexity index is 729. The Labute approximate surface area is 144 Å². The minimum atomic E-state index is -2.86. The Morgan fingerprint density at radius 3 is 2.36 bits per heavy atom. The van der Waals surface area contributed by atoms with Crippen LogP contribution in [-0.4, -0.2) is 24.8 Å². The number of aryl methyl sites for hydroxylation is 1. The first-order valence-corrected chi connectivity index (χ1v) is 7.63. The molecule has 0 atom stereocenters. The van der Waals surface area contributed by atoms with Gasteiger partial charge in [0.15, 0.2) is 0 Å². The Balaban J connectivity index is 1.85. The number of hydrogen-bond donors (Lipinski definition) is 2. The van der Waals surface area contributed by atoms with E-state index in [9.17, 15) is 13.6 Å². The van der Waals surface area contributed by atoms with E-state index in [1.54, 1.807) is 19.1 Å². The predicted octanol–water partition coefficient (Wildman–Crippen LogP) is 3.55. The molecule has 7 heteroatoms. The lowest BCUT2D eigenvalue weighted by Crippen LogP contribution is -2.26. The number of nitrogens with zero attached hydrogens (tertiary/aromatic N) is 1. The molecule has 0 fully saturated rings. The molecule has 0 saturated carbocycles. The van der Waals surface area contributed by atoms with Crippen LogP contribution >= 0.6 is 0 Å². The van der Waals surface area contributed by atoms with Crippen molar-refractivity contribution < 1.29 is 18.3 Å². The van der Waals surface area contributed by atoms with Gasteiger partial charge in [-0.3, -0.25) is 4.79 Å². The van der Waals surface area contributed by atoms with Gasteiger partial charge in [-0.1, -0.05) is 17.7 Å². The maximum absolute atomic E-state index is 12.1. The van der Waals surface area contributed by atoms with E-state index in [4.69, 9.17) is 0 Å². The van der Waals surface area contributed by atoms with Gasteiger partial charge in [0, 0.05) is 5.69 Å². The van der Waals surface area contributed by atoms with Crippen LogP contribution in [0.2, 0.25) is 0 Å². The zero-order chi connectivity index (χ0) is 18.2. The molecule has 0 aromatic heterocycles. The highest BCUT2D eigenvalue weighted by atomic mass is 19.3. The fourth-order valence-corrected chi connectivity index (χ4v) is 1.98. The van der Waals surface area contributed by atoms with Crippen LogP contribution in [-0.2, 0) is 4.79 Å². The van der Waals surface area contributed by atoms with E-state index in [1.165, 1.54) is 12.1 Å². The van der Waals surface area contributed by atoms with Crippen LogP contribution in [0.3, 0.4) is 0 Å². The molecule has 2 aromatic rings. The molecule has 0 unspecified atom stereocenters. The molecule has 2 rings (SSSR count). The molecule has 132 valence electrons. The number of nitrogens with one attached hydrogen (secondary N) is 2. The van der Waals surface area contributed by atoms with Crippen molar-refractivity contribution in [2.75, 3.05) is 11.9 Å². The number of alkyl halides is 2. The van der Waals surface area contributed by atoms with Crippen molar-refractivity contribution in [2.45, 2.75) is 20.5 Å². The van der Waals surface area contributed by atoms with Crippen LogP contribution < -0.4 is 15.5 Å². The molecular formula is C18H19F2N3O2. The number of anilines is 1. The second kappa shape index (κ2) is 8.77. The van der Waals surface area contributed by atoms with Crippen molar-refractivity contribution in [3.8, 4) is 5.75 Å². The van der Waals surface area contributed by atoms with E-state index in [2.05, 4.69) is 20.6 Å². The summed E-state index contributed by atoms with van der Waals surface area (Å²) >= 11 is 0. The molecular weight excluding hydrogens is 328 g/mol. The van der Waals surface area contributed by atoms with E-state index in [0.717, 1.165) is 11.3 Å². The van der Waals surface area contributed by atoms with Crippen LogP contribution in [0.15, 0.2) is 53.6 Å². The van der Waals surface area contributed by atoms with Crippen molar-refractivity contribution >= 4 is 17.3 Å². The summed E-state index contributed by atoms with van der Waals surface area (Å²) in [6.07, 6.45) is 0. The van der Waals surface area contributed by atoms with Crippen LogP contribution in [0.5, 0.6) is 5.75 Å². The van der Waals surface area contributed by atoms with E-state index >= 15 is 0 Å². The lowest BCUT2D eigenvalue weighted by molar-refractivity contribution is -0.119. The molecule has 0 aliphatic rings. The van der Waals surface area contributed by atoms with Crippen LogP contribution in [0.25, 0.3) is 0 Å². The summed E-state index contributed by atoms with van der Waals surface area (Å²) in [5.41, 5.74) is 5.66. The summed E-state index contributed by atoms with van der Waals surface area (Å²) in [5, 5.41) is 6.99. The summed E-state index contributed by atoms with van der Waals surface area (Å²) in [7, 11) is 0. The maximum Gasteiger partial charge on any atom is 0.387 e. The van der Waals surface area contributed by atoms with E-state index in [1.807, 2.05) is 31.2 Å². The fraction of sp³-hybridized carbons (Fsp3) is 0.222. The van der Waals surface area contributed by atoms with Gasteiger partial charge in [0.05, 0.1) is 12.3 Å². The summed E-state index contributed by atoms with van der Waals surface area (Å²) in [5.74, 6) is -0.226. The third-order valence-electron chi connectivity index (χ3n) is 3.35. The van der Waals surface area contributed by atoms with Gasteiger partial charge in [0.2, 0.25) is 0 Å². The topological polar surface area (TPSA) is 62.7 Å². The average molecular weight is 347 g/mol. The number of benzene rings is 2. The van der Waals surface area contributed by atoms with Gasteiger partial charge in [-0.15, -0.1) is 0 Å². The molecule has 2 N–H and O–H groups in total. The second-order valence-corrected chi connectivity index (χ2v) is 5.35. The molecule has 0 saturated heterocycles. The molecule has 5 nitrogen and oxygen atoms in total. The highest BCUT2D eigenvalue weighted by Crippen LogP contribution is 2.15. The van der Waals surface area contributed by atoms with Crippen molar-refractivity contribution in [3.63, 3.8) is 0 Å². The lowest BCUT2D eigenvalue weighted by Gasteiger charge is -2.07. The fourth-order valence-electron chi connectivity index (χ4n) is 1.98. The number of hydrogen-bond acceptors (Lipinski definition) is 4. The standard InChI is InChI=1S/C18H19F2N3O2/c1-12-3-7-15(8-4-12)21-11-17(24)23-22-13(2)14-5-9-16(10-6-14)25-18(19)20/h3-10,18,21H,11H2,1-2H3,(H,23,24)/b22-13+. The Hall–Kier alpha value is -2.96. The average Bonchev–Trinajstić information content (AvgIpc) is 2.59. The smallest absolute Gasteiger partial charge is 0.387 e. The van der Waals surface area contributed by atoms with Gasteiger partial charge in [-0.05, 0) is 55.8 Å². The van der Waals surface area contributed by atoms with Gasteiger partial charge < -0.3 is 10.1 Å². The van der Waals surface area contributed by atoms with Crippen molar-refractivity contribution in [2.24, 2.45) is 5.10 Å². The molecule has 0 spiro atoms. The van der Waals surface area contributed by atoms with Crippen LogP contribution in [0.1, 0.15) is 18.1 Å². The summed E-state index contributed by atoms with van der Waals surface area (Å²) in [6.45, 7) is 0.915. The third kappa shape index (κ3) is 6.21. The summed E-state index contributed by atoms with van der Waals surface area (Å²) < 4.78 is 28.5. The quantitative estimate of drug-likeness (QED) is 0.595. The summed E-state index contributed by atoms with van der Waals surface area (Å²) in [4.78, 5) is 11.8. The van der Waals surface area contributed by atoms with E-state index in [0.29, 0.717) is 11.3 Å². The van der Waals surface area contributed by atoms with E-state index < -0.39 is 6.61 Å². The molecule has 0 aliphatic carbocycles. The molecule has 0 radical (unpaired) electrons. The minimum absolute atomic E-state index is 0.0675. The zero-order valence-corrected chi connectivity index (χ0v) is 13.9. The first-order chi connectivity index (χ1) is 11.9. The minimum Gasteiger partial charge on any atom is -0.435 e. The van der Waals surface area contributed by atoms with Crippen molar-refractivity contribution in [1.29, 1.82) is 0 Å². The predicted molar refractivity (Wildman–Crippen MR) is 93.1 cm³/mol. The molecule has 0 bridgehead atoms. The maximum atomic E-state index is 12.1. The monoisotopic (exact) mass is 347 g/mol. The molecule has 1 amide bonds. The number of rotatable bonds is 7. The number of amides is 1. The normalized spacial score (nSPS) is 11.3. The first kappa shape index (κ1) is 18.4. The number of hydrazone groups is 1. The SMILES string of the molecule is C/C(=N\NC(=O)CNc1ccc(C)cc1)c1ccc(OC(F)F)cc1. The van der Waals surface area contributed by atoms with Crippen molar-refractivity contribution in [1.82, 2.24) is 5.43 Å². The molecule has 2 aromatic carbocycles. The zero-order valence-electron chi connectivity index (χ0n) is 13.9. The molecule has 0 aliphatic heterocycles. The van der Waals surface area contributed by atoms with Gasteiger partial charge in [0.1, 0.15) is 5.75 Å². The molecule has 25 heavy (non-hydrogen) atoms. The van der Waals surface area contributed by atoms with Gasteiger partial charge in [-0.2, -0.15) is 13.9 Å². The van der Waals surface area contributed by atoms with Crippen molar-refractivity contribution in [3.05, 3.63) is 59.7 Å². The van der Waals surface area contributed by atoms with Crippen LogP contribution in [0.4, 0.5) is 14.5 Å². The highest BCUT2D eigenvalue weighted by Gasteiger charge is 2.05. The number of halogens is 2. The van der Waals surface area contributed by atoms with Crippen LogP contribution in [0, 0.1) is 6.92 Å². The van der Waals surface area contributed by atoms with E-state index in [-0.39, 0.29) is 18.2 Å². The summed E-state index contributed by atoms with van der Waals surface area (Å²) in [6, 6.07) is 13.7. The number of ether oxygens (including phenoxy) is 1. The highest BCUT2D eigenvalue weighted by molar-refractivity contribution is 5.99. The number of carbonyl (C=O) groups is 1. The number of carbonyl (C=O) groups excluding carboxylic acids is 1. The van der Waals surface area contributed by atoms with Gasteiger partial charge in [0.25, 0.3) is 5.91 Å². The lowest BCUT2D eigenvalue weighted by atomic mass is 10.1. The van der Waals surface area contributed by atoms with Gasteiger partial charge >= 0.3 is 6.61 Å². The first-order valence-electron chi connectivity index (χ1n) is 7.63. The van der Waals surface area contributed by atoms with Gasteiger partial charge in [-0.25, -0.2) is 5.43 Å². The third-order valence-corrected chi connectivity index (χ3v) is 3.35. The Morgan fingerprint density at radius 2 is 1.76 bits per heavy atom. The Kier molecular flexibility index (Phi) is 6.45. The molecule has 0 heterocycles. The Morgan fingerprint density at radius 1 is 1.12 bits per heavy atom. The second-order valence-electron chi connectivity index (χ2n) is 5.35.